The van der Waals surface area contributed by atoms with Crippen molar-refractivity contribution in [2.75, 3.05) is 26.2 Å². The highest BCUT2D eigenvalue weighted by molar-refractivity contribution is 7.07. The molecule has 0 aliphatic carbocycles. The Morgan fingerprint density at radius 1 is 1.25 bits per heavy atom. The Morgan fingerprint density at radius 3 is 2.79 bits per heavy atom. The summed E-state index contributed by atoms with van der Waals surface area (Å²) in [4.78, 5) is 7.03. The molecule has 0 amide bonds. The quantitative estimate of drug-likeness (QED) is 0.543. The third-order valence-electron chi connectivity index (χ3n) is 4.94. The van der Waals surface area contributed by atoms with E-state index in [4.69, 9.17) is 0 Å². The number of rotatable bonds is 7. The molecule has 4 nitrogen and oxygen atoms in total. The Kier molecular flexibility index (Phi) is 7.80. The maximum absolute atomic E-state index is 13.8. The lowest BCUT2D eigenvalue weighted by atomic mass is 10.0. The van der Waals surface area contributed by atoms with E-state index in [0.29, 0.717) is 24.6 Å². The molecule has 0 bridgehead atoms. The first-order valence-electron chi connectivity index (χ1n) is 9.87. The summed E-state index contributed by atoms with van der Waals surface area (Å²) in [5.74, 6) is -0.829. The second-order valence-electron chi connectivity index (χ2n) is 7.05. The van der Waals surface area contributed by atoms with Crippen LogP contribution < -0.4 is 10.6 Å². The monoisotopic (exact) mass is 406 g/mol. The van der Waals surface area contributed by atoms with Gasteiger partial charge in [0.05, 0.1) is 0 Å². The maximum Gasteiger partial charge on any atom is 0.191 e. The van der Waals surface area contributed by atoms with E-state index in [1.807, 2.05) is 6.92 Å². The number of nitrogens with zero attached hydrogens (tertiary/aromatic N) is 2. The van der Waals surface area contributed by atoms with Crippen LogP contribution in [-0.4, -0.2) is 43.1 Å². The zero-order valence-corrected chi connectivity index (χ0v) is 17.1. The SMILES string of the molecule is CCNC(=NCCc1cccc(F)c1F)NC1CCN(Cc2ccsc2)CC1. The molecule has 1 saturated heterocycles. The summed E-state index contributed by atoms with van der Waals surface area (Å²) in [5, 5.41) is 11.1. The molecule has 7 heteroatoms. The van der Waals surface area contributed by atoms with Gasteiger partial charge in [0, 0.05) is 38.8 Å². The van der Waals surface area contributed by atoms with Gasteiger partial charge >= 0.3 is 0 Å². The number of nitrogens with one attached hydrogen (secondary N) is 2. The summed E-state index contributed by atoms with van der Waals surface area (Å²) >= 11 is 1.74. The Labute approximate surface area is 169 Å². The van der Waals surface area contributed by atoms with Gasteiger partial charge in [-0.15, -0.1) is 0 Å². The van der Waals surface area contributed by atoms with Crippen LogP contribution >= 0.6 is 11.3 Å². The predicted octanol–water partition coefficient (Wildman–Crippen LogP) is 3.79. The number of thiophene rings is 1. The molecule has 28 heavy (non-hydrogen) atoms. The normalized spacial score (nSPS) is 16.3. The van der Waals surface area contributed by atoms with Gasteiger partial charge in [-0.05, 0) is 60.2 Å². The molecule has 0 radical (unpaired) electrons. The van der Waals surface area contributed by atoms with Crippen LogP contribution in [0.1, 0.15) is 30.9 Å². The zero-order chi connectivity index (χ0) is 19.8. The van der Waals surface area contributed by atoms with Crippen molar-refractivity contribution in [2.24, 2.45) is 4.99 Å². The molecule has 1 fully saturated rings. The molecule has 1 aromatic carbocycles. The van der Waals surface area contributed by atoms with Crippen molar-refractivity contribution in [2.45, 2.75) is 38.8 Å². The van der Waals surface area contributed by atoms with E-state index in [-0.39, 0.29) is 0 Å². The van der Waals surface area contributed by atoms with Gasteiger partial charge in [-0.25, -0.2) is 8.78 Å². The Bertz CT molecular complexity index is 756. The summed E-state index contributed by atoms with van der Waals surface area (Å²) < 4.78 is 27.1. The Hall–Kier alpha value is -1.99. The fourth-order valence-electron chi connectivity index (χ4n) is 3.42. The molecule has 1 aromatic heterocycles. The van der Waals surface area contributed by atoms with E-state index in [1.54, 1.807) is 17.4 Å². The van der Waals surface area contributed by atoms with E-state index < -0.39 is 11.6 Å². The molecule has 0 atom stereocenters. The van der Waals surface area contributed by atoms with Crippen LogP contribution in [0.2, 0.25) is 0 Å². The Balaban J connectivity index is 1.47. The summed E-state index contributed by atoms with van der Waals surface area (Å²) in [7, 11) is 0. The summed E-state index contributed by atoms with van der Waals surface area (Å²) in [5.41, 5.74) is 1.75. The maximum atomic E-state index is 13.8. The lowest BCUT2D eigenvalue weighted by Crippen LogP contribution is -2.48. The minimum absolute atomic E-state index is 0.362. The highest BCUT2D eigenvalue weighted by atomic mass is 32.1. The van der Waals surface area contributed by atoms with Crippen molar-refractivity contribution in [3.05, 3.63) is 57.8 Å². The molecular weight excluding hydrogens is 378 g/mol. The number of guanidine groups is 1. The van der Waals surface area contributed by atoms with Crippen molar-refractivity contribution in [1.29, 1.82) is 0 Å². The highest BCUT2D eigenvalue weighted by Crippen LogP contribution is 2.16. The van der Waals surface area contributed by atoms with E-state index in [2.05, 4.69) is 37.4 Å². The number of hydrogen-bond acceptors (Lipinski definition) is 3. The lowest BCUT2D eigenvalue weighted by molar-refractivity contribution is 0.198. The largest absolute Gasteiger partial charge is 0.357 e. The molecule has 2 aromatic rings. The summed E-state index contributed by atoms with van der Waals surface area (Å²) in [6, 6.07) is 6.84. The number of aliphatic imine (C=N–C) groups is 1. The first kappa shape index (κ1) is 20.7. The topological polar surface area (TPSA) is 39.7 Å². The van der Waals surface area contributed by atoms with Crippen LogP contribution in [0.25, 0.3) is 0 Å². The Morgan fingerprint density at radius 2 is 2.07 bits per heavy atom. The minimum atomic E-state index is -0.805. The van der Waals surface area contributed by atoms with Gasteiger partial charge in [0.15, 0.2) is 17.6 Å². The van der Waals surface area contributed by atoms with Gasteiger partial charge < -0.3 is 10.6 Å². The molecule has 3 rings (SSSR count). The van der Waals surface area contributed by atoms with Crippen LogP contribution in [0, 0.1) is 11.6 Å². The number of likely N-dealkylation sites (tertiary alicyclic amines) is 1. The predicted molar refractivity (Wildman–Crippen MR) is 112 cm³/mol. The van der Waals surface area contributed by atoms with E-state index in [1.165, 1.54) is 11.6 Å². The van der Waals surface area contributed by atoms with E-state index >= 15 is 0 Å². The standard InChI is InChI=1S/C21H28F2N4S/c1-2-24-21(25-10-6-17-4-3-5-19(22)20(17)23)26-18-7-11-27(12-8-18)14-16-9-13-28-15-16/h3-5,9,13,15,18H,2,6-8,10-12,14H2,1H3,(H2,24,25,26). The zero-order valence-electron chi connectivity index (χ0n) is 16.3. The highest BCUT2D eigenvalue weighted by Gasteiger charge is 2.20. The molecule has 0 unspecified atom stereocenters. The number of benzene rings is 1. The number of piperidine rings is 1. The van der Waals surface area contributed by atoms with Gasteiger partial charge in [-0.2, -0.15) is 11.3 Å². The van der Waals surface area contributed by atoms with Crippen LogP contribution in [0.4, 0.5) is 8.78 Å². The van der Waals surface area contributed by atoms with Gasteiger partial charge in [-0.3, -0.25) is 9.89 Å². The van der Waals surface area contributed by atoms with Gasteiger partial charge in [0.1, 0.15) is 0 Å². The fraction of sp³-hybridized carbons (Fsp3) is 0.476. The van der Waals surface area contributed by atoms with Gasteiger partial charge in [-0.1, -0.05) is 12.1 Å². The first-order valence-corrected chi connectivity index (χ1v) is 10.8. The fourth-order valence-corrected chi connectivity index (χ4v) is 4.08. The average Bonchev–Trinajstić information content (AvgIpc) is 3.20. The van der Waals surface area contributed by atoms with Crippen molar-refractivity contribution >= 4 is 17.3 Å². The third-order valence-corrected chi connectivity index (χ3v) is 5.67. The molecule has 2 N–H and O–H groups in total. The molecule has 0 saturated carbocycles. The minimum Gasteiger partial charge on any atom is -0.357 e. The third kappa shape index (κ3) is 6.01. The molecule has 1 aliphatic rings. The van der Waals surface area contributed by atoms with Gasteiger partial charge in [0.25, 0.3) is 0 Å². The summed E-state index contributed by atoms with van der Waals surface area (Å²) in [6.45, 7) is 6.32. The van der Waals surface area contributed by atoms with Crippen molar-refractivity contribution in [1.82, 2.24) is 15.5 Å². The first-order chi connectivity index (χ1) is 13.7. The molecule has 0 spiro atoms. The van der Waals surface area contributed by atoms with Gasteiger partial charge in [0.2, 0.25) is 0 Å². The lowest BCUT2D eigenvalue weighted by Gasteiger charge is -2.33. The molecule has 2 heterocycles. The van der Waals surface area contributed by atoms with Crippen molar-refractivity contribution in [3.63, 3.8) is 0 Å². The van der Waals surface area contributed by atoms with Crippen LogP contribution in [0.15, 0.2) is 40.0 Å². The number of hydrogen-bond donors (Lipinski definition) is 2. The van der Waals surface area contributed by atoms with Crippen LogP contribution in [0.5, 0.6) is 0 Å². The second kappa shape index (κ2) is 10.5. The van der Waals surface area contributed by atoms with Crippen LogP contribution in [0.3, 0.4) is 0 Å². The molecule has 152 valence electrons. The van der Waals surface area contributed by atoms with E-state index in [0.717, 1.165) is 51.0 Å². The molecule has 1 aliphatic heterocycles. The summed E-state index contributed by atoms with van der Waals surface area (Å²) in [6.07, 6.45) is 2.50. The second-order valence-corrected chi connectivity index (χ2v) is 7.83. The number of halogens is 2. The van der Waals surface area contributed by atoms with Crippen molar-refractivity contribution < 1.29 is 8.78 Å². The smallest absolute Gasteiger partial charge is 0.191 e. The molecular formula is C21H28F2N4S. The van der Waals surface area contributed by atoms with E-state index in [9.17, 15) is 8.78 Å². The van der Waals surface area contributed by atoms with Crippen LogP contribution in [-0.2, 0) is 13.0 Å². The average molecular weight is 407 g/mol. The van der Waals surface area contributed by atoms with Crippen molar-refractivity contribution in [3.8, 4) is 0 Å².